The van der Waals surface area contributed by atoms with Crippen LogP contribution in [-0.4, -0.2) is 42.6 Å². The van der Waals surface area contributed by atoms with Crippen LogP contribution in [-0.2, 0) is 32.7 Å². The minimum absolute atomic E-state index is 0.131. The van der Waals surface area contributed by atoms with Crippen molar-refractivity contribution in [1.82, 2.24) is 19.9 Å². The Balaban J connectivity index is 1.50. The SMILES string of the molecule is O=C(NCc1ccncc1)C(=O)NCc1ccc(S(=O)(=O)N2CCCC2)cc1. The third-order valence-electron chi connectivity index (χ3n) is 4.49. The van der Waals surface area contributed by atoms with Gasteiger partial charge in [-0.1, -0.05) is 12.1 Å². The van der Waals surface area contributed by atoms with E-state index >= 15 is 0 Å². The fourth-order valence-corrected chi connectivity index (χ4v) is 4.40. The van der Waals surface area contributed by atoms with Crippen LogP contribution in [0.3, 0.4) is 0 Å². The van der Waals surface area contributed by atoms with Gasteiger partial charge in [-0.3, -0.25) is 14.6 Å². The Morgan fingerprint density at radius 2 is 1.36 bits per heavy atom. The van der Waals surface area contributed by atoms with E-state index in [1.165, 1.54) is 16.4 Å². The van der Waals surface area contributed by atoms with Gasteiger partial charge in [0.15, 0.2) is 0 Å². The molecule has 0 radical (unpaired) electrons. The zero-order chi connectivity index (χ0) is 20.0. The number of nitrogens with zero attached hydrogens (tertiary/aromatic N) is 2. The first-order chi connectivity index (χ1) is 13.5. The Kier molecular flexibility index (Phi) is 6.37. The van der Waals surface area contributed by atoms with Gasteiger partial charge < -0.3 is 10.6 Å². The molecule has 0 saturated carbocycles. The van der Waals surface area contributed by atoms with E-state index in [2.05, 4.69) is 15.6 Å². The summed E-state index contributed by atoms with van der Waals surface area (Å²) in [4.78, 5) is 27.9. The van der Waals surface area contributed by atoms with E-state index in [1.54, 1.807) is 36.7 Å². The molecular weight excluding hydrogens is 380 g/mol. The number of sulfonamides is 1. The van der Waals surface area contributed by atoms with Crippen molar-refractivity contribution in [3.63, 3.8) is 0 Å². The van der Waals surface area contributed by atoms with Gasteiger partial charge >= 0.3 is 11.8 Å². The third-order valence-corrected chi connectivity index (χ3v) is 6.40. The minimum Gasteiger partial charge on any atom is -0.344 e. The highest BCUT2D eigenvalue weighted by Crippen LogP contribution is 2.21. The second kappa shape index (κ2) is 8.94. The molecule has 0 aliphatic carbocycles. The van der Waals surface area contributed by atoms with Crippen molar-refractivity contribution < 1.29 is 18.0 Å². The molecule has 2 aromatic rings. The van der Waals surface area contributed by atoms with Crippen molar-refractivity contribution in [2.75, 3.05) is 13.1 Å². The van der Waals surface area contributed by atoms with Gasteiger partial charge in [-0.15, -0.1) is 0 Å². The highest BCUT2D eigenvalue weighted by molar-refractivity contribution is 7.89. The number of aromatic nitrogens is 1. The predicted molar refractivity (Wildman–Crippen MR) is 102 cm³/mol. The molecule has 1 saturated heterocycles. The molecule has 148 valence electrons. The van der Waals surface area contributed by atoms with Gasteiger partial charge in [-0.05, 0) is 48.2 Å². The first-order valence-electron chi connectivity index (χ1n) is 9.01. The number of hydrogen-bond donors (Lipinski definition) is 2. The second-order valence-corrected chi connectivity index (χ2v) is 8.41. The van der Waals surface area contributed by atoms with Crippen LogP contribution in [0.1, 0.15) is 24.0 Å². The number of benzene rings is 1. The molecule has 2 N–H and O–H groups in total. The number of hydrogen-bond acceptors (Lipinski definition) is 5. The van der Waals surface area contributed by atoms with E-state index in [-0.39, 0.29) is 18.0 Å². The highest BCUT2D eigenvalue weighted by atomic mass is 32.2. The van der Waals surface area contributed by atoms with Crippen LogP contribution in [0.15, 0.2) is 53.7 Å². The molecule has 1 aromatic heterocycles. The Morgan fingerprint density at radius 1 is 0.857 bits per heavy atom. The van der Waals surface area contributed by atoms with Crippen LogP contribution < -0.4 is 10.6 Å². The highest BCUT2D eigenvalue weighted by Gasteiger charge is 2.26. The van der Waals surface area contributed by atoms with E-state index in [4.69, 9.17) is 0 Å². The molecule has 0 atom stereocenters. The molecule has 28 heavy (non-hydrogen) atoms. The molecule has 2 amide bonds. The monoisotopic (exact) mass is 402 g/mol. The smallest absolute Gasteiger partial charge is 0.309 e. The summed E-state index contributed by atoms with van der Waals surface area (Å²) in [5, 5.41) is 5.06. The molecule has 0 unspecified atom stereocenters. The average molecular weight is 402 g/mol. The number of rotatable bonds is 6. The largest absolute Gasteiger partial charge is 0.344 e. The van der Waals surface area contributed by atoms with E-state index < -0.39 is 21.8 Å². The third kappa shape index (κ3) is 4.93. The van der Waals surface area contributed by atoms with Gasteiger partial charge in [0.2, 0.25) is 10.0 Å². The van der Waals surface area contributed by atoms with Gasteiger partial charge in [0.25, 0.3) is 0 Å². The lowest BCUT2D eigenvalue weighted by Gasteiger charge is -2.15. The molecule has 2 heterocycles. The van der Waals surface area contributed by atoms with Crippen LogP contribution in [0, 0.1) is 0 Å². The Labute approximate surface area is 164 Å². The average Bonchev–Trinajstić information content (AvgIpc) is 3.27. The number of nitrogens with one attached hydrogen (secondary N) is 2. The van der Waals surface area contributed by atoms with Gasteiger partial charge in [0.05, 0.1) is 4.90 Å². The van der Waals surface area contributed by atoms with Gasteiger partial charge in [0.1, 0.15) is 0 Å². The fraction of sp³-hybridized carbons (Fsp3) is 0.316. The summed E-state index contributed by atoms with van der Waals surface area (Å²) >= 11 is 0. The first kappa shape index (κ1) is 20.0. The maximum atomic E-state index is 12.5. The number of amides is 2. The zero-order valence-electron chi connectivity index (χ0n) is 15.3. The number of pyridine rings is 1. The van der Waals surface area contributed by atoms with E-state index in [9.17, 15) is 18.0 Å². The minimum atomic E-state index is -3.46. The molecule has 9 heteroatoms. The molecule has 1 aliphatic heterocycles. The predicted octanol–water partition coefficient (Wildman–Crippen LogP) is 0.799. The van der Waals surface area contributed by atoms with Crippen molar-refractivity contribution in [3.8, 4) is 0 Å². The Hall–Kier alpha value is -2.78. The first-order valence-corrected chi connectivity index (χ1v) is 10.4. The van der Waals surface area contributed by atoms with Gasteiger partial charge in [-0.2, -0.15) is 4.31 Å². The lowest BCUT2D eigenvalue weighted by atomic mass is 10.2. The molecule has 0 spiro atoms. The topological polar surface area (TPSA) is 108 Å². The van der Waals surface area contributed by atoms with Gasteiger partial charge in [0, 0.05) is 38.6 Å². The van der Waals surface area contributed by atoms with E-state index in [0.717, 1.165) is 18.4 Å². The van der Waals surface area contributed by atoms with Crippen molar-refractivity contribution in [3.05, 3.63) is 59.9 Å². The van der Waals surface area contributed by atoms with Crippen LogP contribution in [0.2, 0.25) is 0 Å². The maximum absolute atomic E-state index is 12.5. The van der Waals surface area contributed by atoms with Crippen LogP contribution >= 0.6 is 0 Å². The summed E-state index contributed by atoms with van der Waals surface area (Å²) < 4.78 is 26.5. The molecule has 3 rings (SSSR count). The van der Waals surface area contributed by atoms with Crippen molar-refractivity contribution in [2.24, 2.45) is 0 Å². The Morgan fingerprint density at radius 3 is 1.89 bits per heavy atom. The molecule has 1 aromatic carbocycles. The Bertz CT molecular complexity index is 924. The summed E-state index contributed by atoms with van der Waals surface area (Å²) in [6.07, 6.45) is 4.98. The molecule has 1 aliphatic rings. The van der Waals surface area contributed by atoms with E-state index in [1.807, 2.05) is 0 Å². The lowest BCUT2D eigenvalue weighted by molar-refractivity contribution is -0.139. The van der Waals surface area contributed by atoms with E-state index in [0.29, 0.717) is 18.7 Å². The van der Waals surface area contributed by atoms with Crippen molar-refractivity contribution >= 4 is 21.8 Å². The maximum Gasteiger partial charge on any atom is 0.309 e. The number of carbonyl (C=O) groups is 2. The van der Waals surface area contributed by atoms with Crippen LogP contribution in [0.25, 0.3) is 0 Å². The summed E-state index contributed by atoms with van der Waals surface area (Å²) in [7, 11) is -3.46. The standard InChI is InChI=1S/C19H22N4O4S/c24-18(19(25)22-14-16-7-9-20-10-8-16)21-13-15-3-5-17(6-4-15)28(26,27)23-11-1-2-12-23/h3-10H,1-2,11-14H2,(H,21,24)(H,22,25). The molecule has 1 fully saturated rings. The normalized spacial score (nSPS) is 14.6. The van der Waals surface area contributed by atoms with Crippen LogP contribution in [0.5, 0.6) is 0 Å². The number of carbonyl (C=O) groups excluding carboxylic acids is 2. The zero-order valence-corrected chi connectivity index (χ0v) is 16.1. The molecular formula is C19H22N4O4S. The summed E-state index contributed by atoms with van der Waals surface area (Å²) in [5.41, 5.74) is 1.54. The molecule has 0 bridgehead atoms. The van der Waals surface area contributed by atoms with Crippen molar-refractivity contribution in [2.45, 2.75) is 30.8 Å². The second-order valence-electron chi connectivity index (χ2n) is 6.48. The summed E-state index contributed by atoms with van der Waals surface area (Å²) in [6, 6.07) is 9.82. The lowest BCUT2D eigenvalue weighted by Crippen LogP contribution is -2.39. The molecule has 8 nitrogen and oxygen atoms in total. The quantitative estimate of drug-likeness (QED) is 0.695. The summed E-state index contributed by atoms with van der Waals surface area (Å²) in [6.45, 7) is 1.47. The van der Waals surface area contributed by atoms with Crippen LogP contribution in [0.4, 0.5) is 0 Å². The fourth-order valence-electron chi connectivity index (χ4n) is 2.88. The van der Waals surface area contributed by atoms with Gasteiger partial charge in [-0.25, -0.2) is 8.42 Å². The van der Waals surface area contributed by atoms with Crippen molar-refractivity contribution in [1.29, 1.82) is 0 Å². The summed E-state index contributed by atoms with van der Waals surface area (Å²) in [5.74, 6) is -1.48.